The first-order valence-electron chi connectivity index (χ1n) is 4.65. The van der Waals surface area contributed by atoms with Crippen molar-refractivity contribution in [2.75, 3.05) is 12.4 Å². The van der Waals surface area contributed by atoms with Gasteiger partial charge in [-0.05, 0) is 31.2 Å². The summed E-state index contributed by atoms with van der Waals surface area (Å²) in [5.74, 6) is 1.70. The summed E-state index contributed by atoms with van der Waals surface area (Å²) in [7, 11) is 0. The van der Waals surface area contributed by atoms with E-state index in [1.165, 1.54) is 19.3 Å². The number of ketones is 1. The van der Waals surface area contributed by atoms with Gasteiger partial charge in [0.05, 0.1) is 11.9 Å². The van der Waals surface area contributed by atoms with Crippen molar-refractivity contribution in [3.8, 4) is 0 Å². The number of fused-ring (bicyclic) bond motifs is 1. The zero-order chi connectivity index (χ0) is 8.55. The predicted octanol–water partition coefficient (Wildman–Crippen LogP) is 1.18. The van der Waals surface area contributed by atoms with Crippen LogP contribution >= 0.6 is 11.6 Å². The molecule has 12 heavy (non-hydrogen) atoms. The summed E-state index contributed by atoms with van der Waals surface area (Å²) in [5, 5.41) is 3.28. The monoisotopic (exact) mass is 187 g/mol. The largest absolute Gasteiger partial charge is 0.307 e. The van der Waals surface area contributed by atoms with E-state index in [9.17, 15) is 4.79 Å². The van der Waals surface area contributed by atoms with E-state index >= 15 is 0 Å². The minimum atomic E-state index is 0.0787. The maximum Gasteiger partial charge on any atom is 0.164 e. The Hall–Kier alpha value is -0.0800. The van der Waals surface area contributed by atoms with Gasteiger partial charge in [-0.2, -0.15) is 0 Å². The van der Waals surface area contributed by atoms with Crippen LogP contribution < -0.4 is 5.32 Å². The Bertz CT molecular complexity index is 195. The van der Waals surface area contributed by atoms with Gasteiger partial charge in [0.1, 0.15) is 0 Å². The predicted molar refractivity (Wildman–Crippen MR) is 48.3 cm³/mol. The number of carbonyl (C=O) groups is 1. The summed E-state index contributed by atoms with van der Waals surface area (Å²) in [4.78, 5) is 11.4. The Balaban J connectivity index is 2.04. The first-order chi connectivity index (χ1) is 5.83. The quantitative estimate of drug-likeness (QED) is 0.658. The van der Waals surface area contributed by atoms with Crippen LogP contribution in [0.1, 0.15) is 19.3 Å². The Morgan fingerprint density at radius 3 is 3.08 bits per heavy atom. The molecule has 2 nitrogen and oxygen atoms in total. The van der Waals surface area contributed by atoms with Crippen LogP contribution in [0.15, 0.2) is 0 Å². The minimum absolute atomic E-state index is 0.0787. The van der Waals surface area contributed by atoms with Crippen molar-refractivity contribution in [1.82, 2.24) is 5.32 Å². The van der Waals surface area contributed by atoms with E-state index in [1.54, 1.807) is 0 Å². The van der Waals surface area contributed by atoms with E-state index in [1.807, 2.05) is 0 Å². The fraction of sp³-hybridized carbons (Fsp3) is 0.889. The smallest absolute Gasteiger partial charge is 0.164 e. The van der Waals surface area contributed by atoms with Crippen molar-refractivity contribution in [3.63, 3.8) is 0 Å². The molecule has 68 valence electrons. The average Bonchev–Trinajstić information content (AvgIpc) is 2.62. The maximum atomic E-state index is 11.4. The molecule has 1 aliphatic carbocycles. The highest BCUT2D eigenvalue weighted by atomic mass is 35.5. The van der Waals surface area contributed by atoms with E-state index in [0.29, 0.717) is 5.92 Å². The fourth-order valence-electron chi connectivity index (χ4n) is 2.62. The molecular weight excluding hydrogens is 174 g/mol. The summed E-state index contributed by atoms with van der Waals surface area (Å²) in [6, 6.07) is 0.0787. The second kappa shape index (κ2) is 3.35. The number of halogens is 1. The van der Waals surface area contributed by atoms with Crippen LogP contribution in [0, 0.1) is 11.8 Å². The highest BCUT2D eigenvalue weighted by molar-refractivity contribution is 6.28. The molecule has 0 radical (unpaired) electrons. The molecule has 0 spiro atoms. The van der Waals surface area contributed by atoms with E-state index in [-0.39, 0.29) is 17.7 Å². The van der Waals surface area contributed by atoms with Crippen LogP contribution in [0.2, 0.25) is 0 Å². The number of hydrogen-bond acceptors (Lipinski definition) is 2. The van der Waals surface area contributed by atoms with Crippen LogP contribution in [0.5, 0.6) is 0 Å². The standard InChI is InChI=1S/C9H14ClNO/c10-4-8(12)9-7-3-1-2-6(7)5-11-9/h6-7,9,11H,1-5H2. The Morgan fingerprint density at radius 2 is 2.33 bits per heavy atom. The normalized spacial score (nSPS) is 39.9. The Morgan fingerprint density at radius 1 is 1.50 bits per heavy atom. The SMILES string of the molecule is O=C(CCl)C1NCC2CCCC21. The number of hydrogen-bond donors (Lipinski definition) is 1. The van der Waals surface area contributed by atoms with Gasteiger partial charge in [-0.3, -0.25) is 4.79 Å². The van der Waals surface area contributed by atoms with Crippen molar-refractivity contribution >= 4 is 17.4 Å². The molecule has 1 saturated heterocycles. The summed E-state index contributed by atoms with van der Waals surface area (Å²) >= 11 is 5.53. The number of alkyl halides is 1. The van der Waals surface area contributed by atoms with Crippen molar-refractivity contribution in [3.05, 3.63) is 0 Å². The van der Waals surface area contributed by atoms with Crippen LogP contribution in [0.25, 0.3) is 0 Å². The molecule has 0 aromatic carbocycles. The average molecular weight is 188 g/mol. The molecule has 2 rings (SSSR count). The van der Waals surface area contributed by atoms with E-state index in [0.717, 1.165) is 12.5 Å². The first-order valence-corrected chi connectivity index (χ1v) is 5.18. The van der Waals surface area contributed by atoms with Crippen LogP contribution in [0.4, 0.5) is 0 Å². The van der Waals surface area contributed by atoms with Gasteiger partial charge in [-0.25, -0.2) is 0 Å². The molecule has 0 aromatic heterocycles. The summed E-state index contributed by atoms with van der Waals surface area (Å²) in [6.45, 7) is 1.03. The number of rotatable bonds is 2. The molecule has 3 heteroatoms. The number of Topliss-reactive ketones (excluding diaryl/α,β-unsaturated/α-hetero) is 1. The Labute approximate surface area is 77.7 Å². The second-order valence-corrected chi connectivity index (χ2v) is 4.11. The van der Waals surface area contributed by atoms with E-state index < -0.39 is 0 Å². The summed E-state index contributed by atoms with van der Waals surface area (Å²) in [5.41, 5.74) is 0. The number of nitrogens with one attached hydrogen (secondary N) is 1. The lowest BCUT2D eigenvalue weighted by Gasteiger charge is -2.14. The van der Waals surface area contributed by atoms with Gasteiger partial charge in [0, 0.05) is 0 Å². The third-order valence-electron chi connectivity index (χ3n) is 3.22. The molecule has 3 atom stereocenters. The molecule has 1 saturated carbocycles. The lowest BCUT2D eigenvalue weighted by Crippen LogP contribution is -2.36. The molecule has 2 aliphatic rings. The zero-order valence-corrected chi connectivity index (χ0v) is 7.81. The topological polar surface area (TPSA) is 29.1 Å². The molecule has 1 N–H and O–H groups in total. The van der Waals surface area contributed by atoms with E-state index in [4.69, 9.17) is 11.6 Å². The van der Waals surface area contributed by atoms with Crippen molar-refractivity contribution in [1.29, 1.82) is 0 Å². The molecule has 3 unspecified atom stereocenters. The molecule has 2 fully saturated rings. The molecule has 1 aliphatic heterocycles. The molecule has 0 amide bonds. The first kappa shape index (κ1) is 8.52. The highest BCUT2D eigenvalue weighted by Crippen LogP contribution is 2.37. The Kier molecular flexibility index (Phi) is 2.37. The van der Waals surface area contributed by atoms with Crippen molar-refractivity contribution in [2.24, 2.45) is 11.8 Å². The third kappa shape index (κ3) is 1.27. The molecule has 1 heterocycles. The molecule has 0 aromatic rings. The third-order valence-corrected chi connectivity index (χ3v) is 3.49. The van der Waals surface area contributed by atoms with Crippen LogP contribution in [-0.4, -0.2) is 24.2 Å². The van der Waals surface area contributed by atoms with Crippen molar-refractivity contribution < 1.29 is 4.79 Å². The maximum absolute atomic E-state index is 11.4. The summed E-state index contributed by atoms with van der Waals surface area (Å²) < 4.78 is 0. The molecular formula is C9H14ClNO. The van der Waals surface area contributed by atoms with Gasteiger partial charge in [-0.1, -0.05) is 6.42 Å². The minimum Gasteiger partial charge on any atom is -0.307 e. The summed E-state index contributed by atoms with van der Waals surface area (Å²) in [6.07, 6.45) is 3.80. The van der Waals surface area contributed by atoms with Gasteiger partial charge >= 0.3 is 0 Å². The van der Waals surface area contributed by atoms with Gasteiger partial charge in [0.2, 0.25) is 0 Å². The molecule has 0 bridgehead atoms. The highest BCUT2D eigenvalue weighted by Gasteiger charge is 2.41. The fourth-order valence-corrected chi connectivity index (χ4v) is 2.79. The number of carbonyl (C=O) groups excluding carboxylic acids is 1. The zero-order valence-electron chi connectivity index (χ0n) is 7.05. The van der Waals surface area contributed by atoms with Crippen LogP contribution in [-0.2, 0) is 4.79 Å². The van der Waals surface area contributed by atoms with Gasteiger partial charge in [0.25, 0.3) is 0 Å². The van der Waals surface area contributed by atoms with Gasteiger partial charge < -0.3 is 5.32 Å². The lowest BCUT2D eigenvalue weighted by atomic mass is 9.92. The second-order valence-electron chi connectivity index (χ2n) is 3.84. The van der Waals surface area contributed by atoms with Gasteiger partial charge in [-0.15, -0.1) is 11.6 Å². The van der Waals surface area contributed by atoms with Crippen molar-refractivity contribution in [2.45, 2.75) is 25.3 Å². The van der Waals surface area contributed by atoms with Crippen LogP contribution in [0.3, 0.4) is 0 Å². The van der Waals surface area contributed by atoms with Gasteiger partial charge in [0.15, 0.2) is 5.78 Å². The van der Waals surface area contributed by atoms with E-state index in [2.05, 4.69) is 5.32 Å². The lowest BCUT2D eigenvalue weighted by molar-refractivity contribution is -0.119.